The molecule has 0 amide bonds. The molecule has 2 aromatic rings. The van der Waals surface area contributed by atoms with Gasteiger partial charge in [-0.05, 0) is 30.7 Å². The number of carboxylic acid groups (broad SMARTS) is 1. The van der Waals surface area contributed by atoms with Crippen LogP contribution in [-0.2, 0) is 21.2 Å². The fourth-order valence-corrected chi connectivity index (χ4v) is 3.81. The summed E-state index contributed by atoms with van der Waals surface area (Å²) in [6.45, 7) is 2.27. The van der Waals surface area contributed by atoms with Crippen LogP contribution in [0.2, 0.25) is 0 Å². The van der Waals surface area contributed by atoms with E-state index >= 15 is 0 Å². The lowest BCUT2D eigenvalue weighted by atomic mass is 10.1. The van der Waals surface area contributed by atoms with Crippen LogP contribution in [0.5, 0.6) is 5.75 Å². The molecule has 2 aromatic carbocycles. The molecule has 0 spiro atoms. The Balaban J connectivity index is 2.34. The van der Waals surface area contributed by atoms with Crippen molar-refractivity contribution in [3.8, 4) is 5.75 Å². The van der Waals surface area contributed by atoms with Crippen LogP contribution in [-0.4, -0.2) is 43.5 Å². The van der Waals surface area contributed by atoms with E-state index in [-0.39, 0.29) is 11.3 Å². The lowest BCUT2D eigenvalue weighted by molar-refractivity contribution is -0.141. The summed E-state index contributed by atoms with van der Waals surface area (Å²) < 4.78 is 31.8. The Kier molecular flexibility index (Phi) is 6.17. The lowest BCUT2D eigenvalue weighted by Gasteiger charge is -2.25. The largest absolute Gasteiger partial charge is 0.494 e. The summed E-state index contributed by atoms with van der Waals surface area (Å²) in [5.74, 6) is -0.657. The molecule has 0 saturated carbocycles. The van der Waals surface area contributed by atoms with E-state index in [1.807, 2.05) is 6.92 Å². The molecule has 0 aromatic heterocycles. The number of sulfonamides is 1. The maximum absolute atomic E-state index is 12.7. The zero-order chi connectivity index (χ0) is 18.4. The summed E-state index contributed by atoms with van der Waals surface area (Å²) in [6, 6.07) is 13.6. The molecule has 6 nitrogen and oxygen atoms in total. The fourth-order valence-electron chi connectivity index (χ4n) is 2.47. The Labute approximate surface area is 147 Å². The van der Waals surface area contributed by atoms with E-state index in [0.717, 1.165) is 4.31 Å². The zero-order valence-corrected chi connectivity index (χ0v) is 14.9. The summed E-state index contributed by atoms with van der Waals surface area (Å²) >= 11 is 0. The molecule has 0 aliphatic rings. The third kappa shape index (κ3) is 4.37. The highest BCUT2D eigenvalue weighted by Crippen LogP contribution is 2.24. The number of carboxylic acids is 1. The molecule has 2 rings (SSSR count). The molecular formula is C18H21NO5S. The highest BCUT2D eigenvalue weighted by molar-refractivity contribution is 7.89. The average molecular weight is 363 g/mol. The van der Waals surface area contributed by atoms with E-state index in [1.54, 1.807) is 42.5 Å². The van der Waals surface area contributed by atoms with E-state index < -0.39 is 22.0 Å². The molecule has 1 atom stereocenters. The summed E-state index contributed by atoms with van der Waals surface area (Å²) in [5, 5.41) is 9.59. The van der Waals surface area contributed by atoms with Gasteiger partial charge in [-0.15, -0.1) is 0 Å². The van der Waals surface area contributed by atoms with Gasteiger partial charge >= 0.3 is 5.97 Å². The summed E-state index contributed by atoms with van der Waals surface area (Å²) in [6.07, 6.45) is 0.00801. The van der Waals surface area contributed by atoms with Crippen molar-refractivity contribution in [2.24, 2.45) is 0 Å². The van der Waals surface area contributed by atoms with Crippen LogP contribution in [0.1, 0.15) is 12.5 Å². The minimum Gasteiger partial charge on any atom is -0.494 e. The van der Waals surface area contributed by atoms with Crippen molar-refractivity contribution in [2.45, 2.75) is 24.3 Å². The number of likely N-dealkylation sites (N-methyl/N-ethyl adjacent to an activating group) is 1. The fraction of sp³-hybridized carbons (Fsp3) is 0.278. The van der Waals surface area contributed by atoms with Crippen LogP contribution in [0.4, 0.5) is 0 Å². The quantitative estimate of drug-likeness (QED) is 0.779. The molecular weight excluding hydrogens is 342 g/mol. The first kappa shape index (κ1) is 19.0. The molecule has 0 radical (unpaired) electrons. The minimum atomic E-state index is -3.92. The van der Waals surface area contributed by atoms with E-state index in [0.29, 0.717) is 17.9 Å². The highest BCUT2D eigenvalue weighted by Gasteiger charge is 2.33. The van der Waals surface area contributed by atoms with Gasteiger partial charge in [0, 0.05) is 13.5 Å². The van der Waals surface area contributed by atoms with Gasteiger partial charge in [-0.3, -0.25) is 4.79 Å². The van der Waals surface area contributed by atoms with Crippen LogP contribution < -0.4 is 4.74 Å². The maximum Gasteiger partial charge on any atom is 0.322 e. The van der Waals surface area contributed by atoms with Crippen molar-refractivity contribution >= 4 is 16.0 Å². The Morgan fingerprint density at radius 2 is 1.72 bits per heavy atom. The smallest absolute Gasteiger partial charge is 0.322 e. The van der Waals surface area contributed by atoms with Crippen LogP contribution in [0.15, 0.2) is 59.5 Å². The van der Waals surface area contributed by atoms with Gasteiger partial charge in [0.2, 0.25) is 10.0 Å². The van der Waals surface area contributed by atoms with Crippen LogP contribution >= 0.6 is 0 Å². The molecule has 1 N–H and O–H groups in total. The van der Waals surface area contributed by atoms with E-state index in [9.17, 15) is 18.3 Å². The second kappa shape index (κ2) is 8.13. The Morgan fingerprint density at radius 1 is 1.12 bits per heavy atom. The first-order chi connectivity index (χ1) is 11.9. The summed E-state index contributed by atoms with van der Waals surface area (Å²) in [5.41, 5.74) is 0.645. The molecule has 0 heterocycles. The molecule has 0 bridgehead atoms. The molecule has 134 valence electrons. The SMILES string of the molecule is CCOc1ccccc1C[C@H](C(=O)O)N(C)S(=O)(=O)c1ccccc1. The number of hydrogen-bond acceptors (Lipinski definition) is 4. The normalized spacial score (nSPS) is 12.8. The molecule has 0 fully saturated rings. The Hall–Kier alpha value is -2.38. The Morgan fingerprint density at radius 3 is 2.32 bits per heavy atom. The van der Waals surface area contributed by atoms with Crippen molar-refractivity contribution in [3.63, 3.8) is 0 Å². The first-order valence-electron chi connectivity index (χ1n) is 7.84. The number of hydrogen-bond donors (Lipinski definition) is 1. The molecule has 0 saturated heterocycles. The number of ether oxygens (including phenoxy) is 1. The highest BCUT2D eigenvalue weighted by atomic mass is 32.2. The minimum absolute atomic E-state index is 0.00801. The van der Waals surface area contributed by atoms with Crippen molar-refractivity contribution in [1.29, 1.82) is 0 Å². The number of nitrogens with zero attached hydrogens (tertiary/aromatic N) is 1. The number of para-hydroxylation sites is 1. The predicted molar refractivity (Wildman–Crippen MR) is 94.1 cm³/mol. The van der Waals surface area contributed by atoms with Crippen LogP contribution in [0, 0.1) is 0 Å². The monoisotopic (exact) mass is 363 g/mol. The summed E-state index contributed by atoms with van der Waals surface area (Å²) in [4.78, 5) is 11.8. The van der Waals surface area contributed by atoms with Crippen molar-refractivity contribution in [3.05, 3.63) is 60.2 Å². The predicted octanol–water partition coefficient (Wildman–Crippen LogP) is 2.40. The van der Waals surface area contributed by atoms with Crippen LogP contribution in [0.25, 0.3) is 0 Å². The van der Waals surface area contributed by atoms with Gasteiger partial charge in [0.25, 0.3) is 0 Å². The van der Waals surface area contributed by atoms with Gasteiger partial charge < -0.3 is 9.84 Å². The van der Waals surface area contributed by atoms with E-state index in [2.05, 4.69) is 0 Å². The summed E-state index contributed by atoms with van der Waals surface area (Å²) in [7, 11) is -2.63. The van der Waals surface area contributed by atoms with Crippen molar-refractivity contribution in [1.82, 2.24) is 4.31 Å². The second-order valence-corrected chi connectivity index (χ2v) is 7.43. The van der Waals surface area contributed by atoms with E-state index in [4.69, 9.17) is 4.74 Å². The van der Waals surface area contributed by atoms with Gasteiger partial charge in [0.05, 0.1) is 11.5 Å². The van der Waals surface area contributed by atoms with Gasteiger partial charge in [0.1, 0.15) is 11.8 Å². The number of aliphatic carboxylic acids is 1. The topological polar surface area (TPSA) is 83.9 Å². The third-order valence-corrected chi connectivity index (χ3v) is 5.71. The number of benzene rings is 2. The lowest BCUT2D eigenvalue weighted by Crippen LogP contribution is -2.43. The number of carbonyl (C=O) groups is 1. The molecule has 0 aliphatic carbocycles. The first-order valence-corrected chi connectivity index (χ1v) is 9.28. The van der Waals surface area contributed by atoms with Gasteiger partial charge in [0.15, 0.2) is 0 Å². The van der Waals surface area contributed by atoms with Gasteiger partial charge in [-0.1, -0.05) is 36.4 Å². The van der Waals surface area contributed by atoms with Crippen molar-refractivity contribution < 1.29 is 23.1 Å². The molecule has 0 unspecified atom stereocenters. The van der Waals surface area contributed by atoms with Gasteiger partial charge in [-0.25, -0.2) is 8.42 Å². The molecule has 0 aliphatic heterocycles. The van der Waals surface area contributed by atoms with E-state index in [1.165, 1.54) is 19.2 Å². The number of rotatable bonds is 8. The van der Waals surface area contributed by atoms with Gasteiger partial charge in [-0.2, -0.15) is 4.31 Å². The second-order valence-electron chi connectivity index (χ2n) is 5.43. The standard InChI is InChI=1S/C18H21NO5S/c1-3-24-17-12-8-7-9-14(17)13-16(18(20)21)19(2)25(22,23)15-10-5-4-6-11-15/h4-12,16H,3,13H2,1-2H3,(H,20,21)/t16-/m1/s1. The van der Waals surface area contributed by atoms with Crippen LogP contribution in [0.3, 0.4) is 0 Å². The van der Waals surface area contributed by atoms with Crippen molar-refractivity contribution in [2.75, 3.05) is 13.7 Å². The average Bonchev–Trinajstić information content (AvgIpc) is 2.61. The Bertz CT molecular complexity index is 820. The zero-order valence-electron chi connectivity index (χ0n) is 14.1. The molecule has 25 heavy (non-hydrogen) atoms. The third-order valence-electron chi connectivity index (χ3n) is 3.83. The maximum atomic E-state index is 12.7. The molecule has 7 heteroatoms.